The first-order valence-corrected chi connectivity index (χ1v) is 5.39. The summed E-state index contributed by atoms with van der Waals surface area (Å²) in [5.74, 6) is 0.785. The molecule has 0 aromatic heterocycles. The Morgan fingerprint density at radius 1 is 1.57 bits per heavy atom. The fourth-order valence-electron chi connectivity index (χ4n) is 2.68. The zero-order valence-electron chi connectivity index (χ0n) is 9.62. The highest BCUT2D eigenvalue weighted by molar-refractivity contribution is 5.74. The van der Waals surface area contributed by atoms with Crippen molar-refractivity contribution >= 4 is 5.91 Å². The van der Waals surface area contributed by atoms with E-state index in [2.05, 4.69) is 13.8 Å². The van der Waals surface area contributed by atoms with Crippen molar-refractivity contribution in [1.29, 1.82) is 0 Å². The molecule has 0 radical (unpaired) electrons. The van der Waals surface area contributed by atoms with E-state index in [0.29, 0.717) is 18.6 Å². The molecule has 14 heavy (non-hydrogen) atoms. The number of nitrogens with zero attached hydrogens (tertiary/aromatic N) is 1. The van der Waals surface area contributed by atoms with Gasteiger partial charge in [0.1, 0.15) is 0 Å². The van der Waals surface area contributed by atoms with Gasteiger partial charge in [-0.3, -0.25) is 4.79 Å². The van der Waals surface area contributed by atoms with Gasteiger partial charge in [-0.15, -0.1) is 0 Å². The van der Waals surface area contributed by atoms with Gasteiger partial charge in [0.05, 0.1) is 12.6 Å². The molecular formula is C11H21NO2. The molecule has 0 aromatic carbocycles. The molecule has 1 amide bonds. The predicted molar refractivity (Wildman–Crippen MR) is 56.0 cm³/mol. The summed E-state index contributed by atoms with van der Waals surface area (Å²) in [6, 6.07) is 0.699. The molecule has 0 spiro atoms. The zero-order chi connectivity index (χ0) is 10.7. The van der Waals surface area contributed by atoms with E-state index in [9.17, 15) is 4.79 Å². The van der Waals surface area contributed by atoms with E-state index in [0.717, 1.165) is 12.8 Å². The minimum atomic E-state index is 0.184. The maximum Gasteiger partial charge on any atom is 0.220 e. The van der Waals surface area contributed by atoms with Gasteiger partial charge in [-0.05, 0) is 18.8 Å². The van der Waals surface area contributed by atoms with Crippen LogP contribution in [0.4, 0.5) is 0 Å². The molecule has 1 aliphatic heterocycles. The van der Waals surface area contributed by atoms with E-state index >= 15 is 0 Å². The van der Waals surface area contributed by atoms with Gasteiger partial charge in [-0.25, -0.2) is 0 Å². The molecule has 1 saturated heterocycles. The molecule has 0 saturated carbocycles. The van der Waals surface area contributed by atoms with Gasteiger partial charge in [0.15, 0.2) is 0 Å². The summed E-state index contributed by atoms with van der Waals surface area (Å²) in [7, 11) is 1.70. The van der Waals surface area contributed by atoms with Crippen LogP contribution in [0.3, 0.4) is 0 Å². The molecule has 0 bridgehead atoms. The van der Waals surface area contributed by atoms with E-state index in [-0.39, 0.29) is 11.9 Å². The van der Waals surface area contributed by atoms with Gasteiger partial charge in [-0.1, -0.05) is 13.8 Å². The van der Waals surface area contributed by atoms with Gasteiger partial charge in [0.25, 0.3) is 0 Å². The molecule has 1 aliphatic rings. The summed E-state index contributed by atoms with van der Waals surface area (Å²) in [5.41, 5.74) is 0. The van der Waals surface area contributed by atoms with Crippen LogP contribution in [0, 0.1) is 5.92 Å². The first kappa shape index (κ1) is 11.5. The first-order chi connectivity index (χ1) is 6.61. The van der Waals surface area contributed by atoms with Crippen LogP contribution in [0.5, 0.6) is 0 Å². The van der Waals surface area contributed by atoms with E-state index in [4.69, 9.17) is 4.74 Å². The van der Waals surface area contributed by atoms with Crippen LogP contribution >= 0.6 is 0 Å². The van der Waals surface area contributed by atoms with Crippen molar-refractivity contribution in [2.45, 2.75) is 45.7 Å². The van der Waals surface area contributed by atoms with Crippen LogP contribution in [-0.4, -0.2) is 36.6 Å². The average molecular weight is 199 g/mol. The molecule has 0 aliphatic carbocycles. The number of methoxy groups -OCH3 is 1. The highest BCUT2D eigenvalue weighted by Crippen LogP contribution is 2.31. The lowest BCUT2D eigenvalue weighted by Crippen LogP contribution is -2.42. The molecule has 1 rings (SSSR count). The van der Waals surface area contributed by atoms with Crippen LogP contribution in [0.2, 0.25) is 0 Å². The van der Waals surface area contributed by atoms with Crippen LogP contribution in [0.25, 0.3) is 0 Å². The lowest BCUT2D eigenvalue weighted by molar-refractivity contribution is -0.133. The van der Waals surface area contributed by atoms with E-state index in [1.807, 2.05) is 4.90 Å². The van der Waals surface area contributed by atoms with Crippen molar-refractivity contribution in [3.05, 3.63) is 0 Å². The molecule has 3 heteroatoms. The Morgan fingerprint density at radius 3 is 2.64 bits per heavy atom. The molecule has 0 aromatic rings. The van der Waals surface area contributed by atoms with Crippen LogP contribution in [0.1, 0.15) is 33.6 Å². The van der Waals surface area contributed by atoms with Crippen LogP contribution in [-0.2, 0) is 9.53 Å². The molecule has 3 nitrogen and oxygen atoms in total. The van der Waals surface area contributed by atoms with E-state index in [1.165, 1.54) is 0 Å². The van der Waals surface area contributed by atoms with Crippen molar-refractivity contribution in [2.24, 2.45) is 5.92 Å². The molecule has 3 atom stereocenters. The van der Waals surface area contributed by atoms with Gasteiger partial charge in [0.2, 0.25) is 5.91 Å². The second-order valence-corrected chi connectivity index (χ2v) is 4.22. The third kappa shape index (κ3) is 2.08. The van der Waals surface area contributed by atoms with Crippen LogP contribution in [0.15, 0.2) is 0 Å². The molecule has 0 N–H and O–H groups in total. The quantitative estimate of drug-likeness (QED) is 0.692. The fraction of sp³-hybridized carbons (Fsp3) is 0.909. The number of likely N-dealkylation sites (tertiary alicyclic amines) is 1. The molecule has 82 valence electrons. The normalized spacial score (nSPS) is 32.3. The molecule has 1 fully saturated rings. The van der Waals surface area contributed by atoms with E-state index in [1.54, 1.807) is 14.0 Å². The standard InChI is InChI=1S/C11H21NO2/c1-5-11-8(2)6-10(7-14-4)12(11)9(3)13/h8,10-11H,5-7H2,1-4H3/t8-,10-,11-/m0/s1. The molecule has 1 heterocycles. The summed E-state index contributed by atoms with van der Waals surface area (Å²) in [4.78, 5) is 13.5. The average Bonchev–Trinajstić information content (AvgIpc) is 2.42. The maximum absolute atomic E-state index is 11.5. The number of hydrogen-bond donors (Lipinski definition) is 0. The highest BCUT2D eigenvalue weighted by Gasteiger charge is 2.38. The topological polar surface area (TPSA) is 29.5 Å². The van der Waals surface area contributed by atoms with Crippen LogP contribution < -0.4 is 0 Å². The molecular weight excluding hydrogens is 178 g/mol. The second kappa shape index (κ2) is 4.78. The Kier molecular flexibility index (Phi) is 3.93. The number of carbonyl (C=O) groups excluding carboxylic acids is 1. The van der Waals surface area contributed by atoms with E-state index < -0.39 is 0 Å². The molecule has 0 unspecified atom stereocenters. The summed E-state index contributed by atoms with van der Waals surface area (Å²) in [5, 5.41) is 0. The summed E-state index contributed by atoms with van der Waals surface area (Å²) >= 11 is 0. The van der Waals surface area contributed by atoms with Crippen molar-refractivity contribution in [3.63, 3.8) is 0 Å². The monoisotopic (exact) mass is 199 g/mol. The zero-order valence-corrected chi connectivity index (χ0v) is 9.62. The lowest BCUT2D eigenvalue weighted by Gasteiger charge is -2.29. The number of ether oxygens (including phenoxy) is 1. The summed E-state index contributed by atoms with van der Waals surface area (Å²) < 4.78 is 5.15. The Hall–Kier alpha value is -0.570. The van der Waals surface area contributed by atoms with Gasteiger partial charge >= 0.3 is 0 Å². The predicted octanol–water partition coefficient (Wildman–Crippen LogP) is 1.67. The lowest BCUT2D eigenvalue weighted by atomic mass is 10.00. The fourth-order valence-corrected chi connectivity index (χ4v) is 2.68. The Balaban J connectivity index is 2.74. The minimum Gasteiger partial charge on any atom is -0.383 e. The SMILES string of the molecule is CC[C@H]1[C@@H](C)C[C@@H](COC)N1C(C)=O. The number of carbonyl (C=O) groups is 1. The van der Waals surface area contributed by atoms with Gasteiger partial charge in [0, 0.05) is 20.1 Å². The van der Waals surface area contributed by atoms with Gasteiger partial charge in [-0.2, -0.15) is 0 Å². The Bertz CT molecular complexity index is 205. The maximum atomic E-state index is 11.5. The second-order valence-electron chi connectivity index (χ2n) is 4.22. The Labute approximate surface area is 86.4 Å². The summed E-state index contributed by atoms with van der Waals surface area (Å²) in [6.45, 7) is 6.69. The van der Waals surface area contributed by atoms with Crippen molar-refractivity contribution in [3.8, 4) is 0 Å². The third-order valence-electron chi connectivity index (χ3n) is 3.19. The third-order valence-corrected chi connectivity index (χ3v) is 3.19. The number of rotatable bonds is 3. The number of hydrogen-bond acceptors (Lipinski definition) is 2. The van der Waals surface area contributed by atoms with Gasteiger partial charge < -0.3 is 9.64 Å². The largest absolute Gasteiger partial charge is 0.383 e. The van der Waals surface area contributed by atoms with Crippen molar-refractivity contribution in [2.75, 3.05) is 13.7 Å². The van der Waals surface area contributed by atoms with Crippen molar-refractivity contribution < 1.29 is 9.53 Å². The summed E-state index contributed by atoms with van der Waals surface area (Å²) in [6.07, 6.45) is 2.12. The first-order valence-electron chi connectivity index (χ1n) is 5.39. The minimum absolute atomic E-state index is 0.184. The highest BCUT2D eigenvalue weighted by atomic mass is 16.5. The smallest absolute Gasteiger partial charge is 0.220 e. The van der Waals surface area contributed by atoms with Crippen molar-refractivity contribution in [1.82, 2.24) is 4.90 Å². The number of amides is 1. The Morgan fingerprint density at radius 2 is 2.21 bits per heavy atom.